The minimum absolute atomic E-state index is 0.394. The van der Waals surface area contributed by atoms with Crippen molar-refractivity contribution in [2.75, 3.05) is 0 Å². The Labute approximate surface area is 71.5 Å². The molecule has 62 valence electrons. The summed E-state index contributed by atoms with van der Waals surface area (Å²) >= 11 is 0. The van der Waals surface area contributed by atoms with Crippen molar-refractivity contribution in [1.82, 2.24) is 9.97 Å². The highest BCUT2D eigenvalue weighted by Crippen LogP contribution is 2.18. The molecule has 0 aromatic carbocycles. The normalized spacial score (nSPS) is 10.8. The van der Waals surface area contributed by atoms with Gasteiger partial charge < -0.3 is 5.11 Å². The Hall–Kier alpha value is -1.40. The van der Waals surface area contributed by atoms with Crippen LogP contribution in [0.4, 0.5) is 0 Å². The molecule has 1 aromatic rings. The smallest absolute Gasteiger partial charge is 0.137 e. The van der Waals surface area contributed by atoms with Crippen molar-refractivity contribution in [3.8, 4) is 12.3 Å². The Bertz CT molecular complexity index is 320. The summed E-state index contributed by atoms with van der Waals surface area (Å²) in [5.41, 5.74) is -0.201. The van der Waals surface area contributed by atoms with Crippen molar-refractivity contribution in [1.29, 1.82) is 0 Å². The van der Waals surface area contributed by atoms with Gasteiger partial charge in [0.25, 0.3) is 0 Å². The highest BCUT2D eigenvalue weighted by molar-refractivity contribution is 5.31. The van der Waals surface area contributed by atoms with Gasteiger partial charge in [-0.15, -0.1) is 6.42 Å². The van der Waals surface area contributed by atoms with Crippen LogP contribution in [-0.4, -0.2) is 15.1 Å². The molecule has 0 amide bonds. The predicted octanol–water partition coefficient (Wildman–Crippen LogP) is 0.685. The Kier molecular flexibility index (Phi) is 2.11. The molecule has 1 heterocycles. The Morgan fingerprint density at radius 2 is 2.00 bits per heavy atom. The van der Waals surface area contributed by atoms with E-state index in [1.807, 2.05) is 0 Å². The van der Waals surface area contributed by atoms with E-state index in [0.717, 1.165) is 0 Å². The number of terminal acetylenes is 1. The van der Waals surface area contributed by atoms with Crippen molar-refractivity contribution >= 4 is 0 Å². The van der Waals surface area contributed by atoms with E-state index >= 15 is 0 Å². The lowest BCUT2D eigenvalue weighted by atomic mass is 10.0. The van der Waals surface area contributed by atoms with E-state index in [2.05, 4.69) is 15.9 Å². The SMILES string of the molecule is C#Cc1nccnc1C(C)(C)O. The minimum Gasteiger partial charge on any atom is -0.384 e. The molecular weight excluding hydrogens is 152 g/mol. The third-order valence-corrected chi connectivity index (χ3v) is 1.41. The fourth-order valence-corrected chi connectivity index (χ4v) is 0.891. The Morgan fingerprint density at radius 1 is 1.42 bits per heavy atom. The topological polar surface area (TPSA) is 46.0 Å². The molecule has 0 aliphatic rings. The van der Waals surface area contributed by atoms with Gasteiger partial charge in [0.1, 0.15) is 17.0 Å². The van der Waals surface area contributed by atoms with Gasteiger partial charge in [-0.2, -0.15) is 0 Å². The van der Waals surface area contributed by atoms with Crippen LogP contribution in [0, 0.1) is 12.3 Å². The molecular formula is C9H10N2O. The quantitative estimate of drug-likeness (QED) is 0.618. The molecule has 0 unspecified atom stereocenters. The van der Waals surface area contributed by atoms with E-state index in [0.29, 0.717) is 11.4 Å². The van der Waals surface area contributed by atoms with Gasteiger partial charge >= 0.3 is 0 Å². The maximum Gasteiger partial charge on any atom is 0.137 e. The summed E-state index contributed by atoms with van der Waals surface area (Å²) in [6.07, 6.45) is 8.20. The van der Waals surface area contributed by atoms with Crippen molar-refractivity contribution in [3.05, 3.63) is 23.8 Å². The summed E-state index contributed by atoms with van der Waals surface area (Å²) in [4.78, 5) is 7.87. The first-order chi connectivity index (χ1) is 5.55. The molecule has 0 aliphatic heterocycles. The summed E-state index contributed by atoms with van der Waals surface area (Å²) in [6.45, 7) is 3.25. The van der Waals surface area contributed by atoms with Crippen molar-refractivity contribution in [2.45, 2.75) is 19.4 Å². The maximum absolute atomic E-state index is 9.60. The molecule has 0 fully saturated rings. The fraction of sp³-hybridized carbons (Fsp3) is 0.333. The Balaban J connectivity index is 3.26. The molecule has 1 rings (SSSR count). The molecule has 0 saturated carbocycles. The van der Waals surface area contributed by atoms with E-state index < -0.39 is 5.60 Å². The van der Waals surface area contributed by atoms with Crippen LogP contribution in [0.5, 0.6) is 0 Å². The summed E-state index contributed by atoms with van der Waals surface area (Å²) < 4.78 is 0. The average molecular weight is 162 g/mol. The summed E-state index contributed by atoms with van der Waals surface area (Å²) in [7, 11) is 0. The van der Waals surface area contributed by atoms with Crippen LogP contribution >= 0.6 is 0 Å². The number of nitrogens with zero attached hydrogens (tertiary/aromatic N) is 2. The minimum atomic E-state index is -1.03. The molecule has 0 aliphatic carbocycles. The van der Waals surface area contributed by atoms with Crippen LogP contribution in [0.25, 0.3) is 0 Å². The molecule has 0 bridgehead atoms. The molecule has 0 spiro atoms. The summed E-state index contributed by atoms with van der Waals surface area (Å²) in [6, 6.07) is 0. The second kappa shape index (κ2) is 2.92. The van der Waals surface area contributed by atoms with E-state index in [4.69, 9.17) is 6.42 Å². The highest BCUT2D eigenvalue weighted by Gasteiger charge is 2.21. The number of aliphatic hydroxyl groups is 1. The van der Waals surface area contributed by atoms with E-state index in [1.54, 1.807) is 13.8 Å². The number of rotatable bonds is 1. The van der Waals surface area contributed by atoms with Gasteiger partial charge in [0, 0.05) is 12.4 Å². The zero-order valence-corrected chi connectivity index (χ0v) is 7.07. The largest absolute Gasteiger partial charge is 0.384 e. The summed E-state index contributed by atoms with van der Waals surface area (Å²) in [5.74, 6) is 2.37. The van der Waals surface area contributed by atoms with E-state index in [1.165, 1.54) is 12.4 Å². The molecule has 0 radical (unpaired) electrons. The van der Waals surface area contributed by atoms with Crippen LogP contribution in [0.2, 0.25) is 0 Å². The molecule has 1 N–H and O–H groups in total. The van der Waals surface area contributed by atoms with Gasteiger partial charge in [-0.05, 0) is 19.8 Å². The second-order valence-corrected chi connectivity index (χ2v) is 2.96. The lowest BCUT2D eigenvalue weighted by Gasteiger charge is -2.16. The number of aromatic nitrogens is 2. The first kappa shape index (κ1) is 8.69. The van der Waals surface area contributed by atoms with Gasteiger partial charge in [0.2, 0.25) is 0 Å². The lowest BCUT2D eigenvalue weighted by molar-refractivity contribution is 0.0731. The van der Waals surface area contributed by atoms with Gasteiger partial charge in [-0.3, -0.25) is 4.98 Å². The maximum atomic E-state index is 9.60. The van der Waals surface area contributed by atoms with Crippen molar-refractivity contribution in [3.63, 3.8) is 0 Å². The predicted molar refractivity (Wildman–Crippen MR) is 45.2 cm³/mol. The van der Waals surface area contributed by atoms with Crippen molar-refractivity contribution in [2.24, 2.45) is 0 Å². The van der Waals surface area contributed by atoms with Crippen LogP contribution in [0.1, 0.15) is 25.2 Å². The second-order valence-electron chi connectivity index (χ2n) is 2.96. The molecule has 3 heteroatoms. The van der Waals surface area contributed by atoms with Crippen molar-refractivity contribution < 1.29 is 5.11 Å². The lowest BCUT2D eigenvalue weighted by Crippen LogP contribution is -2.19. The van der Waals surface area contributed by atoms with Crippen LogP contribution in [0.3, 0.4) is 0 Å². The van der Waals surface area contributed by atoms with Gasteiger partial charge in [0.15, 0.2) is 0 Å². The van der Waals surface area contributed by atoms with Crippen LogP contribution < -0.4 is 0 Å². The molecule has 0 atom stereocenters. The number of hydrogen-bond donors (Lipinski definition) is 1. The molecule has 0 saturated heterocycles. The summed E-state index contributed by atoms with van der Waals surface area (Å²) in [5, 5.41) is 9.60. The van der Waals surface area contributed by atoms with Crippen LogP contribution in [-0.2, 0) is 5.60 Å². The third kappa shape index (κ3) is 1.60. The van der Waals surface area contributed by atoms with Gasteiger partial charge in [-0.25, -0.2) is 4.98 Å². The average Bonchev–Trinajstić information content (AvgIpc) is 2.03. The molecule has 3 nitrogen and oxygen atoms in total. The number of hydrogen-bond acceptors (Lipinski definition) is 3. The highest BCUT2D eigenvalue weighted by atomic mass is 16.3. The standard InChI is InChI=1S/C9H10N2O/c1-4-7-8(9(2,3)12)11-6-5-10-7/h1,5-6,12H,2-3H3. The first-order valence-corrected chi connectivity index (χ1v) is 3.56. The zero-order valence-electron chi connectivity index (χ0n) is 7.07. The third-order valence-electron chi connectivity index (χ3n) is 1.41. The van der Waals surface area contributed by atoms with Gasteiger partial charge in [-0.1, -0.05) is 0 Å². The Morgan fingerprint density at radius 3 is 2.42 bits per heavy atom. The first-order valence-electron chi connectivity index (χ1n) is 3.56. The van der Waals surface area contributed by atoms with E-state index in [-0.39, 0.29) is 0 Å². The van der Waals surface area contributed by atoms with Gasteiger partial charge in [0.05, 0.1) is 0 Å². The zero-order chi connectivity index (χ0) is 9.19. The monoisotopic (exact) mass is 162 g/mol. The fourth-order valence-electron chi connectivity index (χ4n) is 0.891. The van der Waals surface area contributed by atoms with Crippen LogP contribution in [0.15, 0.2) is 12.4 Å². The molecule has 1 aromatic heterocycles. The van der Waals surface area contributed by atoms with E-state index in [9.17, 15) is 5.11 Å². The molecule has 12 heavy (non-hydrogen) atoms.